The Bertz CT molecular complexity index is 954. The van der Waals surface area contributed by atoms with Gasteiger partial charge in [0, 0.05) is 31.7 Å². The SMILES string of the molecule is CNCCN(C)C(=O)c1cc(-c2ccc(C)cc2)nc2c1cnn2C(C)C.Cl.Cl. The number of hydrogen-bond acceptors (Lipinski definition) is 4. The number of halogens is 2. The van der Waals surface area contributed by atoms with Crippen LogP contribution in [0.4, 0.5) is 0 Å². The van der Waals surface area contributed by atoms with E-state index >= 15 is 0 Å². The zero-order valence-electron chi connectivity index (χ0n) is 17.5. The van der Waals surface area contributed by atoms with Crippen molar-refractivity contribution in [2.75, 3.05) is 27.2 Å². The molecule has 0 atom stereocenters. The highest BCUT2D eigenvalue weighted by Gasteiger charge is 2.20. The minimum absolute atomic E-state index is 0. The molecule has 158 valence electrons. The topological polar surface area (TPSA) is 63.1 Å². The number of nitrogens with one attached hydrogen (secondary N) is 1. The van der Waals surface area contributed by atoms with E-state index in [1.165, 1.54) is 5.56 Å². The lowest BCUT2D eigenvalue weighted by atomic mass is 10.0. The second kappa shape index (κ2) is 10.6. The summed E-state index contributed by atoms with van der Waals surface area (Å²) in [5.41, 5.74) is 4.35. The first kappa shape index (κ1) is 24.9. The molecule has 8 heteroatoms. The summed E-state index contributed by atoms with van der Waals surface area (Å²) in [4.78, 5) is 19.7. The number of aryl methyl sites for hydroxylation is 1. The van der Waals surface area contributed by atoms with E-state index in [0.29, 0.717) is 12.1 Å². The number of nitrogens with zero attached hydrogens (tertiary/aromatic N) is 4. The Kier molecular flexibility index (Phi) is 9.08. The smallest absolute Gasteiger partial charge is 0.254 e. The molecule has 0 saturated carbocycles. The number of hydrogen-bond donors (Lipinski definition) is 1. The van der Waals surface area contributed by atoms with Gasteiger partial charge < -0.3 is 10.2 Å². The van der Waals surface area contributed by atoms with E-state index in [0.717, 1.165) is 28.8 Å². The molecule has 0 aliphatic heterocycles. The fourth-order valence-corrected chi connectivity index (χ4v) is 3.03. The summed E-state index contributed by atoms with van der Waals surface area (Å²) in [5.74, 6) is -0.0192. The number of rotatable bonds is 6. The molecular weight excluding hydrogens is 409 g/mol. The van der Waals surface area contributed by atoms with Crippen molar-refractivity contribution in [1.82, 2.24) is 25.0 Å². The van der Waals surface area contributed by atoms with Crippen molar-refractivity contribution < 1.29 is 4.79 Å². The fraction of sp³-hybridized carbons (Fsp3) is 0.381. The first-order chi connectivity index (χ1) is 12.9. The third-order valence-electron chi connectivity index (χ3n) is 4.68. The predicted octanol–water partition coefficient (Wildman–Crippen LogP) is 4.12. The van der Waals surface area contributed by atoms with Gasteiger partial charge in [-0.1, -0.05) is 29.8 Å². The summed E-state index contributed by atoms with van der Waals surface area (Å²) < 4.78 is 1.87. The molecule has 1 N–H and O–H groups in total. The summed E-state index contributed by atoms with van der Waals surface area (Å²) in [6.07, 6.45) is 1.75. The van der Waals surface area contributed by atoms with E-state index < -0.39 is 0 Å². The number of aromatic nitrogens is 3. The highest BCUT2D eigenvalue weighted by molar-refractivity contribution is 6.06. The maximum Gasteiger partial charge on any atom is 0.254 e. The zero-order valence-corrected chi connectivity index (χ0v) is 19.1. The van der Waals surface area contributed by atoms with Crippen molar-refractivity contribution in [2.45, 2.75) is 26.8 Å². The average Bonchev–Trinajstić information content (AvgIpc) is 3.09. The van der Waals surface area contributed by atoms with E-state index in [2.05, 4.69) is 43.3 Å². The van der Waals surface area contributed by atoms with E-state index in [-0.39, 0.29) is 36.8 Å². The van der Waals surface area contributed by atoms with Crippen LogP contribution in [0, 0.1) is 6.92 Å². The number of pyridine rings is 1. The zero-order chi connectivity index (χ0) is 19.6. The van der Waals surface area contributed by atoms with Crippen molar-refractivity contribution in [3.8, 4) is 11.3 Å². The lowest BCUT2D eigenvalue weighted by Crippen LogP contribution is -2.33. The minimum Gasteiger partial charge on any atom is -0.340 e. The molecule has 0 fully saturated rings. The number of benzene rings is 1. The number of fused-ring (bicyclic) bond motifs is 1. The molecule has 29 heavy (non-hydrogen) atoms. The van der Waals surface area contributed by atoms with Gasteiger partial charge in [0.15, 0.2) is 5.65 Å². The van der Waals surface area contributed by atoms with Gasteiger partial charge in [-0.3, -0.25) is 4.79 Å². The van der Waals surface area contributed by atoms with E-state index in [1.807, 2.05) is 37.0 Å². The van der Waals surface area contributed by atoms with Crippen molar-refractivity contribution in [3.05, 3.63) is 47.7 Å². The predicted molar refractivity (Wildman–Crippen MR) is 123 cm³/mol. The van der Waals surface area contributed by atoms with Crippen LogP contribution in [0.1, 0.15) is 35.8 Å². The van der Waals surface area contributed by atoms with Crippen molar-refractivity contribution in [1.29, 1.82) is 0 Å². The van der Waals surface area contributed by atoms with Crippen molar-refractivity contribution in [3.63, 3.8) is 0 Å². The van der Waals surface area contributed by atoms with Gasteiger partial charge in [0.2, 0.25) is 0 Å². The maximum absolute atomic E-state index is 13.1. The Labute approximate surface area is 184 Å². The highest BCUT2D eigenvalue weighted by Crippen LogP contribution is 2.27. The summed E-state index contributed by atoms with van der Waals surface area (Å²) >= 11 is 0. The molecule has 0 bridgehead atoms. The largest absolute Gasteiger partial charge is 0.340 e. The number of likely N-dealkylation sites (N-methyl/N-ethyl adjacent to an activating group) is 2. The molecule has 3 rings (SSSR count). The molecule has 1 aromatic carbocycles. The molecule has 0 spiro atoms. The normalized spacial score (nSPS) is 10.6. The molecule has 6 nitrogen and oxygen atoms in total. The van der Waals surface area contributed by atoms with Gasteiger partial charge in [-0.05, 0) is 33.9 Å². The Balaban J connectivity index is 0.00000210. The van der Waals surface area contributed by atoms with Gasteiger partial charge in [-0.2, -0.15) is 5.10 Å². The molecule has 0 aliphatic rings. The first-order valence-electron chi connectivity index (χ1n) is 9.27. The second-order valence-electron chi connectivity index (χ2n) is 7.17. The Hall–Kier alpha value is -2.15. The molecular formula is C21H29Cl2N5O. The minimum atomic E-state index is -0.0192. The standard InChI is InChI=1S/C21H27N5O.2ClH/c1-14(2)26-20-18(13-23-26)17(21(27)25(5)11-10-22-4)12-19(24-20)16-8-6-15(3)7-9-16;;/h6-9,12-14,22H,10-11H2,1-5H3;2*1H. The van der Waals surface area contributed by atoms with E-state index in [1.54, 1.807) is 11.1 Å². The van der Waals surface area contributed by atoms with Gasteiger partial charge >= 0.3 is 0 Å². The first-order valence-corrected chi connectivity index (χ1v) is 9.27. The lowest BCUT2D eigenvalue weighted by molar-refractivity contribution is 0.0798. The Morgan fingerprint density at radius 2 is 1.86 bits per heavy atom. The monoisotopic (exact) mass is 437 g/mol. The van der Waals surface area contributed by atoms with Crippen LogP contribution in [0.15, 0.2) is 36.5 Å². The van der Waals surface area contributed by atoms with Crippen LogP contribution in [0.2, 0.25) is 0 Å². The number of carbonyl (C=O) groups is 1. The quantitative estimate of drug-likeness (QED) is 0.629. The molecule has 0 saturated heterocycles. The third-order valence-corrected chi connectivity index (χ3v) is 4.68. The maximum atomic E-state index is 13.1. The van der Waals surface area contributed by atoms with Gasteiger partial charge in [0.1, 0.15) is 0 Å². The Morgan fingerprint density at radius 1 is 1.21 bits per heavy atom. The van der Waals surface area contributed by atoms with Crippen LogP contribution >= 0.6 is 24.8 Å². The summed E-state index contributed by atoms with van der Waals surface area (Å²) in [6.45, 7) is 7.56. The Morgan fingerprint density at radius 3 is 2.45 bits per heavy atom. The molecule has 2 aromatic heterocycles. The van der Waals surface area contributed by atoms with Crippen LogP contribution in [0.5, 0.6) is 0 Å². The van der Waals surface area contributed by atoms with E-state index in [4.69, 9.17) is 4.98 Å². The summed E-state index contributed by atoms with van der Waals surface area (Å²) in [5, 5.41) is 8.35. The average molecular weight is 438 g/mol. The van der Waals surface area contributed by atoms with Crippen molar-refractivity contribution >= 4 is 41.8 Å². The van der Waals surface area contributed by atoms with E-state index in [9.17, 15) is 4.79 Å². The molecule has 0 aliphatic carbocycles. The van der Waals surface area contributed by atoms with Crippen molar-refractivity contribution in [2.24, 2.45) is 0 Å². The molecule has 1 amide bonds. The lowest BCUT2D eigenvalue weighted by Gasteiger charge is -2.18. The van der Waals surface area contributed by atoms with Crippen LogP contribution in [-0.4, -0.2) is 52.8 Å². The summed E-state index contributed by atoms with van der Waals surface area (Å²) in [6, 6.07) is 10.2. The molecule has 3 aromatic rings. The van der Waals surface area contributed by atoms with Crippen LogP contribution in [0.3, 0.4) is 0 Å². The molecule has 0 unspecified atom stereocenters. The highest BCUT2D eigenvalue weighted by atomic mass is 35.5. The van der Waals surface area contributed by atoms with Gasteiger partial charge in [-0.25, -0.2) is 9.67 Å². The van der Waals surface area contributed by atoms with Crippen LogP contribution in [-0.2, 0) is 0 Å². The molecule has 0 radical (unpaired) electrons. The number of carbonyl (C=O) groups excluding carboxylic acids is 1. The second-order valence-corrected chi connectivity index (χ2v) is 7.17. The summed E-state index contributed by atoms with van der Waals surface area (Å²) in [7, 11) is 3.70. The van der Waals surface area contributed by atoms with Crippen LogP contribution < -0.4 is 5.32 Å². The van der Waals surface area contributed by atoms with Gasteiger partial charge in [0.05, 0.1) is 22.8 Å². The fourth-order valence-electron chi connectivity index (χ4n) is 3.03. The number of amides is 1. The van der Waals surface area contributed by atoms with Crippen LogP contribution in [0.25, 0.3) is 22.3 Å². The van der Waals surface area contributed by atoms with Gasteiger partial charge in [-0.15, -0.1) is 24.8 Å². The third kappa shape index (κ3) is 5.26. The van der Waals surface area contributed by atoms with Gasteiger partial charge in [0.25, 0.3) is 5.91 Å². The molecule has 2 heterocycles.